The first-order chi connectivity index (χ1) is 5.79. The Labute approximate surface area is 85.5 Å². The van der Waals surface area contributed by atoms with Gasteiger partial charge in [0.1, 0.15) is 5.75 Å². The summed E-state index contributed by atoms with van der Waals surface area (Å²) in [6.07, 6.45) is 0. The van der Waals surface area contributed by atoms with Crippen LogP contribution in [0.1, 0.15) is 18.4 Å². The SMILES string of the molecule is COc1ccccc1C(C)CN.Cl. The van der Waals surface area contributed by atoms with E-state index in [2.05, 4.69) is 13.0 Å². The van der Waals surface area contributed by atoms with Gasteiger partial charge in [-0.05, 0) is 24.1 Å². The van der Waals surface area contributed by atoms with E-state index in [-0.39, 0.29) is 12.4 Å². The van der Waals surface area contributed by atoms with Crippen LogP contribution in [0.25, 0.3) is 0 Å². The van der Waals surface area contributed by atoms with Gasteiger partial charge in [0.05, 0.1) is 7.11 Å². The molecule has 0 aliphatic carbocycles. The molecule has 3 heteroatoms. The maximum absolute atomic E-state index is 5.57. The molecule has 1 aromatic rings. The Morgan fingerprint density at radius 2 is 2.00 bits per heavy atom. The summed E-state index contributed by atoms with van der Waals surface area (Å²) in [6.45, 7) is 2.75. The molecule has 2 nitrogen and oxygen atoms in total. The van der Waals surface area contributed by atoms with Crippen molar-refractivity contribution in [3.63, 3.8) is 0 Å². The lowest BCUT2D eigenvalue weighted by molar-refractivity contribution is 0.407. The van der Waals surface area contributed by atoms with Gasteiger partial charge in [0.2, 0.25) is 0 Å². The molecule has 74 valence electrons. The molecule has 0 heterocycles. The summed E-state index contributed by atoms with van der Waals surface area (Å²) in [5.74, 6) is 1.29. The van der Waals surface area contributed by atoms with Gasteiger partial charge >= 0.3 is 0 Å². The molecule has 13 heavy (non-hydrogen) atoms. The first-order valence-corrected chi connectivity index (χ1v) is 4.12. The van der Waals surface area contributed by atoms with Crippen LogP contribution in [0, 0.1) is 0 Å². The van der Waals surface area contributed by atoms with Crippen LogP contribution in [-0.2, 0) is 0 Å². The second kappa shape index (κ2) is 5.84. The standard InChI is InChI=1S/C10H15NO.ClH/c1-8(7-11)9-5-3-4-6-10(9)12-2;/h3-6,8H,7,11H2,1-2H3;1H. The molecule has 0 aliphatic rings. The zero-order chi connectivity index (χ0) is 8.97. The average Bonchev–Trinajstić information content (AvgIpc) is 2.16. The largest absolute Gasteiger partial charge is 0.496 e. The van der Waals surface area contributed by atoms with Crippen molar-refractivity contribution in [1.29, 1.82) is 0 Å². The number of halogens is 1. The highest BCUT2D eigenvalue weighted by atomic mass is 35.5. The predicted molar refractivity (Wildman–Crippen MR) is 57.7 cm³/mol. The van der Waals surface area contributed by atoms with Crippen molar-refractivity contribution < 1.29 is 4.74 Å². The van der Waals surface area contributed by atoms with Crippen LogP contribution < -0.4 is 10.5 Å². The summed E-state index contributed by atoms with van der Waals surface area (Å²) in [7, 11) is 1.68. The number of para-hydroxylation sites is 1. The summed E-state index contributed by atoms with van der Waals surface area (Å²) in [5, 5.41) is 0. The lowest BCUT2D eigenvalue weighted by Gasteiger charge is -2.12. The van der Waals surface area contributed by atoms with Crippen LogP contribution in [-0.4, -0.2) is 13.7 Å². The summed E-state index contributed by atoms with van der Waals surface area (Å²) in [5.41, 5.74) is 6.75. The molecule has 0 spiro atoms. The van der Waals surface area contributed by atoms with Crippen LogP contribution in [0.5, 0.6) is 5.75 Å². The van der Waals surface area contributed by atoms with Gasteiger partial charge in [-0.25, -0.2) is 0 Å². The first-order valence-electron chi connectivity index (χ1n) is 4.12. The van der Waals surface area contributed by atoms with Crippen LogP contribution in [0.3, 0.4) is 0 Å². The van der Waals surface area contributed by atoms with Crippen LogP contribution in [0.15, 0.2) is 24.3 Å². The second-order valence-corrected chi connectivity index (χ2v) is 2.88. The normalized spacial score (nSPS) is 11.6. The Morgan fingerprint density at radius 1 is 1.38 bits per heavy atom. The predicted octanol–water partition coefficient (Wildman–Crippen LogP) is 2.18. The van der Waals surface area contributed by atoms with Gasteiger partial charge in [-0.2, -0.15) is 0 Å². The highest BCUT2D eigenvalue weighted by Gasteiger charge is 2.07. The molecule has 1 aromatic carbocycles. The third-order valence-corrected chi connectivity index (χ3v) is 2.02. The Hall–Kier alpha value is -0.730. The monoisotopic (exact) mass is 201 g/mol. The quantitative estimate of drug-likeness (QED) is 0.814. The third-order valence-electron chi connectivity index (χ3n) is 2.02. The van der Waals surface area contributed by atoms with Gasteiger partial charge in [0.25, 0.3) is 0 Å². The number of ether oxygens (including phenoxy) is 1. The fraction of sp³-hybridized carbons (Fsp3) is 0.400. The van der Waals surface area contributed by atoms with Crippen LogP contribution in [0.4, 0.5) is 0 Å². The minimum Gasteiger partial charge on any atom is -0.496 e. The maximum atomic E-state index is 5.57. The van der Waals surface area contributed by atoms with Gasteiger partial charge in [-0.15, -0.1) is 12.4 Å². The highest BCUT2D eigenvalue weighted by Crippen LogP contribution is 2.24. The Morgan fingerprint density at radius 3 is 2.54 bits per heavy atom. The van der Waals surface area contributed by atoms with Gasteiger partial charge < -0.3 is 10.5 Å². The van der Waals surface area contributed by atoms with Crippen molar-refractivity contribution >= 4 is 12.4 Å². The maximum Gasteiger partial charge on any atom is 0.122 e. The lowest BCUT2D eigenvalue weighted by Crippen LogP contribution is -2.09. The van der Waals surface area contributed by atoms with E-state index in [4.69, 9.17) is 10.5 Å². The Bertz CT molecular complexity index is 252. The molecular weight excluding hydrogens is 186 g/mol. The molecule has 0 amide bonds. The molecule has 0 saturated heterocycles. The molecule has 0 aromatic heterocycles. The molecular formula is C10H16ClNO. The van der Waals surface area contributed by atoms with E-state index in [1.165, 1.54) is 5.56 Å². The van der Waals surface area contributed by atoms with E-state index >= 15 is 0 Å². The minimum absolute atomic E-state index is 0. The molecule has 0 saturated carbocycles. The zero-order valence-electron chi connectivity index (χ0n) is 7.99. The zero-order valence-corrected chi connectivity index (χ0v) is 8.80. The Kier molecular flexibility index (Phi) is 5.51. The smallest absolute Gasteiger partial charge is 0.122 e. The summed E-state index contributed by atoms with van der Waals surface area (Å²) < 4.78 is 5.21. The van der Waals surface area contributed by atoms with E-state index in [9.17, 15) is 0 Å². The van der Waals surface area contributed by atoms with E-state index in [1.807, 2.05) is 18.2 Å². The number of rotatable bonds is 3. The molecule has 0 fully saturated rings. The molecule has 0 aliphatic heterocycles. The topological polar surface area (TPSA) is 35.2 Å². The number of benzene rings is 1. The summed E-state index contributed by atoms with van der Waals surface area (Å²) in [4.78, 5) is 0. The third kappa shape index (κ3) is 2.90. The fourth-order valence-electron chi connectivity index (χ4n) is 1.20. The molecule has 1 unspecified atom stereocenters. The van der Waals surface area contributed by atoms with E-state index in [1.54, 1.807) is 7.11 Å². The van der Waals surface area contributed by atoms with Gasteiger partial charge in [-0.3, -0.25) is 0 Å². The van der Waals surface area contributed by atoms with Crippen molar-refractivity contribution in [2.75, 3.05) is 13.7 Å². The molecule has 2 N–H and O–H groups in total. The van der Waals surface area contributed by atoms with Crippen molar-refractivity contribution in [2.45, 2.75) is 12.8 Å². The highest BCUT2D eigenvalue weighted by molar-refractivity contribution is 5.85. The average molecular weight is 202 g/mol. The van der Waals surface area contributed by atoms with Gasteiger partial charge in [0.15, 0.2) is 0 Å². The molecule has 0 radical (unpaired) electrons. The van der Waals surface area contributed by atoms with E-state index in [0.29, 0.717) is 12.5 Å². The van der Waals surface area contributed by atoms with Gasteiger partial charge in [0, 0.05) is 0 Å². The summed E-state index contributed by atoms with van der Waals surface area (Å²) in [6, 6.07) is 7.98. The van der Waals surface area contributed by atoms with Crippen molar-refractivity contribution in [2.24, 2.45) is 5.73 Å². The van der Waals surface area contributed by atoms with Crippen molar-refractivity contribution in [3.8, 4) is 5.75 Å². The lowest BCUT2D eigenvalue weighted by atomic mass is 10.0. The number of nitrogens with two attached hydrogens (primary N) is 1. The fourth-order valence-corrected chi connectivity index (χ4v) is 1.20. The van der Waals surface area contributed by atoms with E-state index < -0.39 is 0 Å². The van der Waals surface area contributed by atoms with E-state index in [0.717, 1.165) is 5.75 Å². The van der Waals surface area contributed by atoms with Crippen LogP contribution in [0.2, 0.25) is 0 Å². The number of methoxy groups -OCH3 is 1. The number of hydrogen-bond acceptors (Lipinski definition) is 2. The first kappa shape index (κ1) is 12.3. The number of hydrogen-bond donors (Lipinski definition) is 1. The Balaban J connectivity index is 0.00000144. The van der Waals surface area contributed by atoms with Crippen molar-refractivity contribution in [1.82, 2.24) is 0 Å². The van der Waals surface area contributed by atoms with Gasteiger partial charge in [-0.1, -0.05) is 25.1 Å². The molecule has 1 rings (SSSR count). The molecule has 0 bridgehead atoms. The molecule has 1 atom stereocenters. The van der Waals surface area contributed by atoms with Crippen LogP contribution >= 0.6 is 12.4 Å². The summed E-state index contributed by atoms with van der Waals surface area (Å²) >= 11 is 0. The van der Waals surface area contributed by atoms with Crippen molar-refractivity contribution in [3.05, 3.63) is 29.8 Å². The second-order valence-electron chi connectivity index (χ2n) is 2.88. The minimum atomic E-state index is 0.